The Bertz CT molecular complexity index is 431. The second-order valence-corrected chi connectivity index (χ2v) is 7.70. The molecule has 1 N–H and O–H groups in total. The van der Waals surface area contributed by atoms with Crippen LogP contribution in [-0.2, 0) is 14.3 Å². The van der Waals surface area contributed by atoms with Crippen LogP contribution in [0.15, 0.2) is 0 Å². The zero-order chi connectivity index (χ0) is 17.2. The molecule has 0 aromatic rings. The van der Waals surface area contributed by atoms with Crippen molar-refractivity contribution in [2.45, 2.75) is 83.1 Å². The number of aliphatic hydroxyl groups excluding tert-OH is 1. The number of nitrogens with zero attached hydrogens (tertiary/aromatic N) is 1. The third-order valence-corrected chi connectivity index (χ3v) is 4.71. The predicted molar refractivity (Wildman–Crippen MR) is 84.9 cm³/mol. The molecule has 0 aromatic heterocycles. The molecule has 23 heavy (non-hydrogen) atoms. The highest BCUT2D eigenvalue weighted by Crippen LogP contribution is 2.37. The first-order valence-electron chi connectivity index (χ1n) is 8.48. The molecule has 0 aliphatic heterocycles. The van der Waals surface area contributed by atoms with Crippen LogP contribution >= 0.6 is 0 Å². The number of methoxy groups -OCH3 is 1. The number of esters is 1. The van der Waals surface area contributed by atoms with Gasteiger partial charge in [0, 0.05) is 12.1 Å². The fraction of sp³-hybridized carbons (Fsp3) is 0.882. The van der Waals surface area contributed by atoms with Crippen LogP contribution in [0.2, 0.25) is 0 Å². The summed E-state index contributed by atoms with van der Waals surface area (Å²) in [5, 5.41) is 9.69. The van der Waals surface area contributed by atoms with Gasteiger partial charge in [0.25, 0.3) is 0 Å². The largest absolute Gasteiger partial charge is 0.469 e. The summed E-state index contributed by atoms with van der Waals surface area (Å²) in [5.74, 6) is -0.325. The van der Waals surface area contributed by atoms with Gasteiger partial charge in [0.2, 0.25) is 0 Å². The van der Waals surface area contributed by atoms with Crippen LogP contribution in [0.1, 0.15) is 59.3 Å². The lowest BCUT2D eigenvalue weighted by Gasteiger charge is -2.46. The molecule has 6 heteroatoms. The Morgan fingerprint density at radius 3 is 2.09 bits per heavy atom. The van der Waals surface area contributed by atoms with Gasteiger partial charge in [-0.25, -0.2) is 4.79 Å². The number of carbonyl (C=O) groups excluding carboxylic acids is 2. The number of amides is 1. The molecule has 0 radical (unpaired) electrons. The first kappa shape index (κ1) is 18.0. The summed E-state index contributed by atoms with van der Waals surface area (Å²) in [5.41, 5.74) is -0.547. The minimum Gasteiger partial charge on any atom is -0.469 e. The van der Waals surface area contributed by atoms with E-state index in [1.807, 2.05) is 25.7 Å². The van der Waals surface area contributed by atoms with Crippen LogP contribution in [0.4, 0.5) is 4.79 Å². The third kappa shape index (κ3) is 4.59. The summed E-state index contributed by atoms with van der Waals surface area (Å²) in [6.07, 6.45) is 3.65. The average Bonchev–Trinajstić information content (AvgIpc) is 2.40. The molecule has 2 aliphatic rings. The third-order valence-electron chi connectivity index (χ3n) is 4.71. The van der Waals surface area contributed by atoms with Crippen LogP contribution in [0.3, 0.4) is 0 Å². The smallest absolute Gasteiger partial charge is 0.410 e. The summed E-state index contributed by atoms with van der Waals surface area (Å²) in [4.78, 5) is 26.1. The standard InChI is InChI=1S/C17H29NO5/c1-17(2,3)23-16(21)18(12-5-7-14(19)8-6-12)13-9-11(10-13)15(20)22-4/h11-14,19H,5-10H2,1-4H3. The van der Waals surface area contributed by atoms with Crippen molar-refractivity contribution in [1.82, 2.24) is 4.90 Å². The topological polar surface area (TPSA) is 76.1 Å². The number of ether oxygens (including phenoxy) is 2. The summed E-state index contributed by atoms with van der Waals surface area (Å²) >= 11 is 0. The second kappa shape index (κ2) is 7.07. The molecule has 2 fully saturated rings. The Morgan fingerprint density at radius 1 is 1.04 bits per heavy atom. The minimum absolute atomic E-state index is 0.0224. The molecule has 1 amide bonds. The van der Waals surface area contributed by atoms with Crippen LogP contribution in [0.5, 0.6) is 0 Å². The molecule has 132 valence electrons. The molecule has 0 saturated heterocycles. The van der Waals surface area contributed by atoms with E-state index >= 15 is 0 Å². The average molecular weight is 327 g/mol. The predicted octanol–water partition coefficient (Wildman–Crippen LogP) is 2.48. The normalized spacial score (nSPS) is 31.0. The molecule has 6 nitrogen and oxygen atoms in total. The molecule has 2 aliphatic carbocycles. The highest BCUT2D eigenvalue weighted by Gasteiger charge is 2.44. The van der Waals surface area contributed by atoms with Crippen LogP contribution in [0.25, 0.3) is 0 Å². The van der Waals surface area contributed by atoms with E-state index in [4.69, 9.17) is 9.47 Å². The summed E-state index contributed by atoms with van der Waals surface area (Å²) in [6, 6.07) is 0.103. The van der Waals surface area contributed by atoms with Gasteiger partial charge < -0.3 is 19.5 Å². The van der Waals surface area contributed by atoms with Crippen molar-refractivity contribution in [2.75, 3.05) is 7.11 Å². The first-order chi connectivity index (χ1) is 10.7. The van der Waals surface area contributed by atoms with E-state index < -0.39 is 5.60 Å². The van der Waals surface area contributed by atoms with Gasteiger partial charge in [0.1, 0.15) is 5.60 Å². The summed E-state index contributed by atoms with van der Waals surface area (Å²) in [7, 11) is 1.39. The zero-order valence-electron chi connectivity index (χ0n) is 14.6. The van der Waals surface area contributed by atoms with Gasteiger partial charge in [0.05, 0.1) is 19.1 Å². The molecule has 2 rings (SSSR count). The number of carbonyl (C=O) groups is 2. The van der Waals surface area contributed by atoms with Crippen LogP contribution < -0.4 is 0 Å². The Hall–Kier alpha value is -1.30. The lowest BCUT2D eigenvalue weighted by Crippen LogP contribution is -2.56. The molecule has 0 spiro atoms. The lowest BCUT2D eigenvalue weighted by molar-refractivity contribution is -0.151. The fourth-order valence-corrected chi connectivity index (χ4v) is 3.42. The Labute approximate surface area is 138 Å². The van der Waals surface area contributed by atoms with Gasteiger partial charge >= 0.3 is 12.1 Å². The fourth-order valence-electron chi connectivity index (χ4n) is 3.42. The van der Waals surface area contributed by atoms with Gasteiger partial charge in [0.15, 0.2) is 0 Å². The second-order valence-electron chi connectivity index (χ2n) is 7.70. The highest BCUT2D eigenvalue weighted by atomic mass is 16.6. The maximum absolute atomic E-state index is 12.6. The molecule has 0 heterocycles. The van der Waals surface area contributed by atoms with Crippen molar-refractivity contribution in [2.24, 2.45) is 5.92 Å². The van der Waals surface area contributed by atoms with Gasteiger partial charge in [-0.05, 0) is 59.3 Å². The maximum Gasteiger partial charge on any atom is 0.410 e. The SMILES string of the molecule is COC(=O)C1CC(N(C(=O)OC(C)(C)C)C2CCC(O)CC2)C1. The van der Waals surface area contributed by atoms with Crippen molar-refractivity contribution < 1.29 is 24.2 Å². The van der Waals surface area contributed by atoms with Crippen molar-refractivity contribution in [1.29, 1.82) is 0 Å². The van der Waals surface area contributed by atoms with E-state index in [1.165, 1.54) is 7.11 Å². The van der Waals surface area contributed by atoms with E-state index in [0.29, 0.717) is 25.7 Å². The van der Waals surface area contributed by atoms with E-state index in [0.717, 1.165) is 12.8 Å². The number of hydrogen-bond acceptors (Lipinski definition) is 5. The molecule has 2 saturated carbocycles. The number of hydrogen-bond donors (Lipinski definition) is 1. The maximum atomic E-state index is 12.6. The first-order valence-corrected chi connectivity index (χ1v) is 8.48. The van der Waals surface area contributed by atoms with Crippen molar-refractivity contribution >= 4 is 12.1 Å². The minimum atomic E-state index is -0.547. The summed E-state index contributed by atoms with van der Waals surface area (Å²) in [6.45, 7) is 5.56. The zero-order valence-corrected chi connectivity index (χ0v) is 14.6. The monoisotopic (exact) mass is 327 g/mol. The van der Waals surface area contributed by atoms with Crippen LogP contribution in [-0.4, -0.2) is 53.0 Å². The van der Waals surface area contributed by atoms with Gasteiger partial charge in [-0.2, -0.15) is 0 Å². The van der Waals surface area contributed by atoms with Crippen LogP contribution in [0, 0.1) is 5.92 Å². The molecule has 0 bridgehead atoms. The van der Waals surface area contributed by atoms with Crippen molar-refractivity contribution in [3.05, 3.63) is 0 Å². The molecule has 0 atom stereocenters. The van der Waals surface area contributed by atoms with Crippen molar-refractivity contribution in [3.63, 3.8) is 0 Å². The van der Waals surface area contributed by atoms with Gasteiger partial charge in [-0.1, -0.05) is 0 Å². The van der Waals surface area contributed by atoms with E-state index in [1.54, 1.807) is 0 Å². The molecular formula is C17H29NO5. The number of aliphatic hydroxyl groups is 1. The van der Waals surface area contributed by atoms with Crippen molar-refractivity contribution in [3.8, 4) is 0 Å². The van der Waals surface area contributed by atoms with E-state index in [2.05, 4.69) is 0 Å². The lowest BCUT2D eigenvalue weighted by atomic mass is 9.78. The molecular weight excluding hydrogens is 298 g/mol. The Kier molecular flexibility index (Phi) is 5.55. The Balaban J connectivity index is 2.03. The quantitative estimate of drug-likeness (QED) is 0.806. The van der Waals surface area contributed by atoms with E-state index in [9.17, 15) is 14.7 Å². The highest BCUT2D eigenvalue weighted by molar-refractivity contribution is 5.75. The Morgan fingerprint density at radius 2 is 1.61 bits per heavy atom. The van der Waals surface area contributed by atoms with Gasteiger partial charge in [-0.3, -0.25) is 4.79 Å². The molecule has 0 aromatic carbocycles. The molecule has 0 unspecified atom stereocenters. The summed E-state index contributed by atoms with van der Waals surface area (Å²) < 4.78 is 10.3. The number of rotatable bonds is 3. The van der Waals surface area contributed by atoms with E-state index in [-0.39, 0.29) is 36.2 Å². The van der Waals surface area contributed by atoms with Gasteiger partial charge in [-0.15, -0.1) is 0 Å².